The number of rotatable bonds is 3. The van der Waals surface area contributed by atoms with E-state index in [1.165, 1.54) is 12.1 Å². The van der Waals surface area contributed by atoms with Crippen LogP contribution in [0.3, 0.4) is 0 Å². The lowest BCUT2D eigenvalue weighted by Gasteiger charge is -2.12. The van der Waals surface area contributed by atoms with E-state index >= 15 is 0 Å². The van der Waals surface area contributed by atoms with Crippen molar-refractivity contribution in [3.05, 3.63) is 39.4 Å². The van der Waals surface area contributed by atoms with E-state index in [0.717, 1.165) is 6.07 Å². The highest BCUT2D eigenvalue weighted by Crippen LogP contribution is 2.24. The Balaban J connectivity index is 2.40. The van der Waals surface area contributed by atoms with Crippen LogP contribution in [0.2, 0.25) is 0 Å². The number of nitro benzene ring substituents is 1. The predicted octanol–water partition coefficient (Wildman–Crippen LogP) is 1.78. The lowest BCUT2D eigenvalue weighted by Crippen LogP contribution is -2.35. The fraction of sp³-hybridized carbons (Fsp3) is 0.250. The first-order valence-electron chi connectivity index (χ1n) is 5.69. The molecule has 0 radical (unpaired) electrons. The summed E-state index contributed by atoms with van der Waals surface area (Å²) in [6, 6.07) is 3.87. The number of imide groups is 3. The maximum atomic E-state index is 12.1. The van der Waals surface area contributed by atoms with Crippen molar-refractivity contribution in [1.82, 2.24) is 4.90 Å². The summed E-state index contributed by atoms with van der Waals surface area (Å²) in [5.74, 6) is -1.97. The minimum Gasteiger partial charge on any atom is -0.274 e. The average molecular weight is 341 g/mol. The Morgan fingerprint density at radius 1 is 1.30 bits per heavy atom. The van der Waals surface area contributed by atoms with Crippen LogP contribution >= 0.6 is 15.9 Å². The van der Waals surface area contributed by atoms with Crippen molar-refractivity contribution in [1.29, 1.82) is 0 Å². The van der Waals surface area contributed by atoms with E-state index < -0.39 is 22.6 Å². The van der Waals surface area contributed by atoms with Crippen LogP contribution in [0.4, 0.5) is 5.69 Å². The summed E-state index contributed by atoms with van der Waals surface area (Å²) in [4.78, 5) is 45.9. The SMILES string of the molecule is O=C1CCC(=O)N1C(=O)c1ccc(CBr)c([N+](=O)[O-])c1. The molecule has 2 rings (SSSR count). The Hall–Kier alpha value is -2.09. The van der Waals surface area contributed by atoms with Crippen LogP contribution in [0.5, 0.6) is 0 Å². The zero-order valence-electron chi connectivity index (χ0n) is 10.2. The maximum Gasteiger partial charge on any atom is 0.274 e. The first-order chi connectivity index (χ1) is 9.45. The van der Waals surface area contributed by atoms with Crippen LogP contribution in [0.1, 0.15) is 28.8 Å². The highest BCUT2D eigenvalue weighted by molar-refractivity contribution is 9.08. The Morgan fingerprint density at radius 3 is 2.40 bits per heavy atom. The monoisotopic (exact) mass is 340 g/mol. The van der Waals surface area contributed by atoms with Gasteiger partial charge in [0.2, 0.25) is 11.8 Å². The molecule has 1 aliphatic rings. The van der Waals surface area contributed by atoms with Crippen molar-refractivity contribution in [3.8, 4) is 0 Å². The Labute approximate surface area is 121 Å². The largest absolute Gasteiger partial charge is 0.274 e. The molecule has 7 nitrogen and oxygen atoms in total. The quantitative estimate of drug-likeness (QED) is 0.361. The molecular formula is C12H9BrN2O5. The normalized spacial score (nSPS) is 14.8. The Morgan fingerprint density at radius 2 is 1.90 bits per heavy atom. The fourth-order valence-electron chi connectivity index (χ4n) is 1.91. The van der Waals surface area contributed by atoms with E-state index in [0.29, 0.717) is 10.5 Å². The predicted molar refractivity (Wildman–Crippen MR) is 71.1 cm³/mol. The second-order valence-electron chi connectivity index (χ2n) is 4.16. The molecule has 0 aromatic heterocycles. The summed E-state index contributed by atoms with van der Waals surface area (Å²) in [5.41, 5.74) is 0.127. The van der Waals surface area contributed by atoms with Crippen LogP contribution < -0.4 is 0 Å². The van der Waals surface area contributed by atoms with Crippen LogP contribution in [0.15, 0.2) is 18.2 Å². The summed E-state index contributed by atoms with van der Waals surface area (Å²) in [6.07, 6.45) is -0.0156. The Kier molecular flexibility index (Phi) is 3.93. The summed E-state index contributed by atoms with van der Waals surface area (Å²) in [6.45, 7) is 0. The fourth-order valence-corrected chi connectivity index (χ4v) is 2.39. The van der Waals surface area contributed by atoms with Gasteiger partial charge in [0.15, 0.2) is 0 Å². The van der Waals surface area contributed by atoms with Gasteiger partial charge in [0.25, 0.3) is 11.6 Å². The number of nitrogens with zero attached hydrogens (tertiary/aromatic N) is 2. The highest BCUT2D eigenvalue weighted by atomic mass is 79.9. The molecule has 0 bridgehead atoms. The van der Waals surface area contributed by atoms with Crippen molar-refractivity contribution in [2.24, 2.45) is 0 Å². The molecule has 1 saturated heterocycles. The molecule has 1 aliphatic heterocycles. The Bertz CT molecular complexity index is 612. The van der Waals surface area contributed by atoms with Gasteiger partial charge in [0.1, 0.15) is 0 Å². The third-order valence-electron chi connectivity index (χ3n) is 2.93. The number of hydrogen-bond donors (Lipinski definition) is 0. The number of alkyl halides is 1. The van der Waals surface area contributed by atoms with Crippen molar-refractivity contribution in [2.75, 3.05) is 0 Å². The minimum atomic E-state index is -0.818. The average Bonchev–Trinajstić information content (AvgIpc) is 2.76. The summed E-state index contributed by atoms with van der Waals surface area (Å²) >= 11 is 3.12. The zero-order chi connectivity index (χ0) is 14.9. The number of likely N-dealkylation sites (tertiary alicyclic amines) is 1. The lowest BCUT2D eigenvalue weighted by molar-refractivity contribution is -0.385. The number of halogens is 1. The molecule has 8 heteroatoms. The van der Waals surface area contributed by atoms with E-state index in [4.69, 9.17) is 0 Å². The van der Waals surface area contributed by atoms with Gasteiger partial charge in [-0.25, -0.2) is 4.90 Å². The van der Waals surface area contributed by atoms with Crippen molar-refractivity contribution < 1.29 is 19.3 Å². The van der Waals surface area contributed by atoms with Gasteiger partial charge in [0, 0.05) is 35.4 Å². The molecule has 0 atom stereocenters. The zero-order valence-corrected chi connectivity index (χ0v) is 11.8. The van der Waals surface area contributed by atoms with Gasteiger partial charge in [-0.3, -0.25) is 24.5 Å². The standard InChI is InChI=1S/C12H9BrN2O5/c13-6-8-2-1-7(5-9(8)15(19)20)12(18)14-10(16)3-4-11(14)17/h1-2,5H,3-4,6H2. The topological polar surface area (TPSA) is 97.6 Å². The molecule has 20 heavy (non-hydrogen) atoms. The third-order valence-corrected chi connectivity index (χ3v) is 3.53. The van der Waals surface area contributed by atoms with Gasteiger partial charge in [0.05, 0.1) is 4.92 Å². The van der Waals surface area contributed by atoms with Gasteiger partial charge in [-0.05, 0) is 6.07 Å². The molecule has 1 heterocycles. The van der Waals surface area contributed by atoms with E-state index in [2.05, 4.69) is 15.9 Å². The molecule has 1 aromatic rings. The van der Waals surface area contributed by atoms with Crippen molar-refractivity contribution >= 4 is 39.3 Å². The number of carbonyl (C=O) groups is 3. The second kappa shape index (κ2) is 5.49. The van der Waals surface area contributed by atoms with Crippen molar-refractivity contribution in [2.45, 2.75) is 18.2 Å². The first kappa shape index (κ1) is 14.3. The molecule has 1 fully saturated rings. The number of carbonyl (C=O) groups excluding carboxylic acids is 3. The smallest absolute Gasteiger partial charge is 0.274 e. The van der Waals surface area contributed by atoms with Crippen molar-refractivity contribution in [3.63, 3.8) is 0 Å². The molecule has 0 N–H and O–H groups in total. The molecule has 0 saturated carbocycles. The van der Waals surface area contributed by atoms with Gasteiger partial charge >= 0.3 is 0 Å². The highest BCUT2D eigenvalue weighted by Gasteiger charge is 2.35. The van der Waals surface area contributed by atoms with E-state index in [-0.39, 0.29) is 29.4 Å². The lowest BCUT2D eigenvalue weighted by atomic mass is 10.1. The van der Waals surface area contributed by atoms with E-state index in [1.54, 1.807) is 0 Å². The van der Waals surface area contributed by atoms with E-state index in [9.17, 15) is 24.5 Å². The molecule has 1 aromatic carbocycles. The number of amides is 3. The molecule has 0 spiro atoms. The van der Waals surface area contributed by atoms with Crippen LogP contribution in [-0.4, -0.2) is 27.5 Å². The molecule has 3 amide bonds. The molecular weight excluding hydrogens is 332 g/mol. The maximum absolute atomic E-state index is 12.1. The molecule has 104 valence electrons. The second-order valence-corrected chi connectivity index (χ2v) is 4.72. The minimum absolute atomic E-state index is 0.00779. The molecule has 0 aliphatic carbocycles. The summed E-state index contributed by atoms with van der Waals surface area (Å²) in [7, 11) is 0. The van der Waals surface area contributed by atoms with E-state index in [1.807, 2.05) is 0 Å². The van der Waals surface area contributed by atoms with Crippen LogP contribution in [-0.2, 0) is 14.9 Å². The summed E-state index contributed by atoms with van der Waals surface area (Å²) in [5, 5.41) is 11.2. The summed E-state index contributed by atoms with van der Waals surface area (Å²) < 4.78 is 0. The van der Waals surface area contributed by atoms with Gasteiger partial charge in [-0.2, -0.15) is 0 Å². The third kappa shape index (κ3) is 2.46. The molecule has 0 unspecified atom stereocenters. The number of benzene rings is 1. The van der Waals surface area contributed by atoms with Gasteiger partial charge in [-0.15, -0.1) is 0 Å². The number of nitro groups is 1. The van der Waals surface area contributed by atoms with Crippen LogP contribution in [0, 0.1) is 10.1 Å². The number of hydrogen-bond acceptors (Lipinski definition) is 5. The first-order valence-corrected chi connectivity index (χ1v) is 6.81. The van der Waals surface area contributed by atoms with Gasteiger partial charge in [-0.1, -0.05) is 22.0 Å². The van der Waals surface area contributed by atoms with Gasteiger partial charge < -0.3 is 0 Å². The van der Waals surface area contributed by atoms with Crippen LogP contribution in [0.25, 0.3) is 0 Å².